The van der Waals surface area contributed by atoms with E-state index in [1.807, 2.05) is 0 Å². The van der Waals surface area contributed by atoms with Crippen molar-refractivity contribution in [3.05, 3.63) is 279 Å². The van der Waals surface area contributed by atoms with Crippen molar-refractivity contribution >= 4 is 65.3 Å². The number of aromatic nitrogens is 4. The van der Waals surface area contributed by atoms with Gasteiger partial charge in [0.1, 0.15) is 0 Å². The van der Waals surface area contributed by atoms with Crippen molar-refractivity contribution in [2.75, 3.05) is 0 Å². The molecule has 0 saturated heterocycles. The van der Waals surface area contributed by atoms with Gasteiger partial charge in [-0.15, -0.1) is 0 Å². The standard InChI is InChI=1S/C72H46N4/c1-5-16-47(17-6-1)50-28-30-52(31-29-50)72-73-70(61-37-32-51-22-13-14-27-60(51)71(61)74-72)57-23-15-26-59(42-57)76-68-39-34-54(49-20-9-3-10-21-49)44-63(68)65-46-56(36-41-69(65)76)55-35-40-67-64(45-55)62-43-53(48-18-7-2-8-19-48)33-38-66(62)75(67)58-24-11-4-12-25-58/h1-46H. The number of nitrogens with zero attached hydrogens (tertiary/aromatic N) is 4. The number of hydrogen-bond acceptors (Lipinski definition) is 2. The lowest BCUT2D eigenvalue weighted by Gasteiger charge is -2.14. The molecule has 3 aromatic heterocycles. The topological polar surface area (TPSA) is 35.6 Å². The summed E-state index contributed by atoms with van der Waals surface area (Å²) in [6.45, 7) is 0. The molecule has 0 spiro atoms. The van der Waals surface area contributed by atoms with Crippen molar-refractivity contribution in [2.24, 2.45) is 0 Å². The quantitative estimate of drug-likeness (QED) is 0.142. The van der Waals surface area contributed by atoms with Crippen LogP contribution in [0, 0.1) is 0 Å². The maximum Gasteiger partial charge on any atom is 0.160 e. The van der Waals surface area contributed by atoms with Crippen LogP contribution in [0.5, 0.6) is 0 Å². The summed E-state index contributed by atoms with van der Waals surface area (Å²) in [5.41, 5.74) is 20.1. The molecule has 0 bridgehead atoms. The van der Waals surface area contributed by atoms with E-state index >= 15 is 0 Å². The molecule has 4 heteroatoms. The highest BCUT2D eigenvalue weighted by molar-refractivity contribution is 6.14. The van der Waals surface area contributed by atoms with E-state index in [-0.39, 0.29) is 0 Å². The van der Waals surface area contributed by atoms with Crippen LogP contribution in [0.4, 0.5) is 0 Å². The molecule has 76 heavy (non-hydrogen) atoms. The van der Waals surface area contributed by atoms with Gasteiger partial charge in [-0.1, -0.05) is 200 Å². The summed E-state index contributed by atoms with van der Waals surface area (Å²) < 4.78 is 4.83. The lowest BCUT2D eigenvalue weighted by molar-refractivity contribution is 1.18. The zero-order valence-electron chi connectivity index (χ0n) is 41.3. The molecule has 0 atom stereocenters. The first-order valence-electron chi connectivity index (χ1n) is 26.0. The van der Waals surface area contributed by atoms with Gasteiger partial charge in [0.05, 0.1) is 33.3 Å². The van der Waals surface area contributed by atoms with E-state index in [2.05, 4.69) is 288 Å². The molecule has 0 aliphatic heterocycles. The number of fused-ring (bicyclic) bond motifs is 9. The molecule has 0 N–H and O–H groups in total. The van der Waals surface area contributed by atoms with Crippen LogP contribution in [0.1, 0.15) is 0 Å². The van der Waals surface area contributed by atoms with Gasteiger partial charge in [-0.2, -0.15) is 0 Å². The van der Waals surface area contributed by atoms with Gasteiger partial charge in [0.2, 0.25) is 0 Å². The molecule has 0 aliphatic rings. The first-order chi connectivity index (χ1) is 37.7. The van der Waals surface area contributed by atoms with E-state index in [9.17, 15) is 0 Å². The molecule has 0 saturated carbocycles. The Hall–Kier alpha value is -10.2. The molecule has 0 amide bonds. The fourth-order valence-corrected chi connectivity index (χ4v) is 11.6. The maximum atomic E-state index is 5.45. The summed E-state index contributed by atoms with van der Waals surface area (Å²) in [6, 6.07) is 101. The largest absolute Gasteiger partial charge is 0.309 e. The molecular formula is C72H46N4. The number of rotatable bonds is 8. The van der Waals surface area contributed by atoms with Crippen molar-refractivity contribution in [1.29, 1.82) is 0 Å². The second-order valence-corrected chi connectivity index (χ2v) is 19.7. The molecule has 0 fully saturated rings. The molecule has 15 aromatic rings. The Balaban J connectivity index is 0.905. The van der Waals surface area contributed by atoms with Gasteiger partial charge in [-0.3, -0.25) is 0 Å². The van der Waals surface area contributed by atoms with Gasteiger partial charge >= 0.3 is 0 Å². The Morgan fingerprint density at radius 1 is 0.224 bits per heavy atom. The van der Waals surface area contributed by atoms with E-state index in [4.69, 9.17) is 9.97 Å². The molecule has 0 unspecified atom stereocenters. The smallest absolute Gasteiger partial charge is 0.160 e. The summed E-state index contributed by atoms with van der Waals surface area (Å²) in [5, 5.41) is 8.09. The van der Waals surface area contributed by atoms with Crippen molar-refractivity contribution in [3.8, 4) is 78.5 Å². The molecule has 15 rings (SSSR count). The Bertz CT molecular complexity index is 4710. The number of hydrogen-bond donors (Lipinski definition) is 0. The zero-order valence-corrected chi connectivity index (χ0v) is 41.3. The first kappa shape index (κ1) is 43.4. The van der Waals surface area contributed by atoms with Gasteiger partial charge in [0.25, 0.3) is 0 Å². The van der Waals surface area contributed by atoms with E-state index in [0.29, 0.717) is 5.82 Å². The fourth-order valence-electron chi connectivity index (χ4n) is 11.6. The zero-order chi connectivity index (χ0) is 50.1. The highest BCUT2D eigenvalue weighted by Gasteiger charge is 2.20. The third-order valence-corrected chi connectivity index (χ3v) is 15.3. The van der Waals surface area contributed by atoms with Crippen LogP contribution in [0.25, 0.3) is 144 Å². The minimum Gasteiger partial charge on any atom is -0.309 e. The van der Waals surface area contributed by atoms with E-state index in [1.54, 1.807) is 0 Å². The second-order valence-electron chi connectivity index (χ2n) is 19.7. The van der Waals surface area contributed by atoms with Gasteiger partial charge in [-0.05, 0) is 129 Å². The summed E-state index contributed by atoms with van der Waals surface area (Å²) in [6.07, 6.45) is 0. The second kappa shape index (κ2) is 17.8. The van der Waals surface area contributed by atoms with Crippen LogP contribution < -0.4 is 0 Å². The van der Waals surface area contributed by atoms with Crippen molar-refractivity contribution < 1.29 is 0 Å². The number of benzene rings is 12. The maximum absolute atomic E-state index is 5.45. The predicted molar refractivity (Wildman–Crippen MR) is 318 cm³/mol. The van der Waals surface area contributed by atoms with Crippen molar-refractivity contribution in [2.45, 2.75) is 0 Å². The third kappa shape index (κ3) is 7.30. The molecular weight excluding hydrogens is 921 g/mol. The van der Waals surface area contributed by atoms with Crippen LogP contribution in [0.2, 0.25) is 0 Å². The van der Waals surface area contributed by atoms with E-state index < -0.39 is 0 Å². The van der Waals surface area contributed by atoms with Crippen molar-refractivity contribution in [1.82, 2.24) is 19.1 Å². The normalized spacial score (nSPS) is 11.7. The fraction of sp³-hybridized carbons (Fsp3) is 0. The summed E-state index contributed by atoms with van der Waals surface area (Å²) >= 11 is 0. The Kier molecular flexibility index (Phi) is 10.2. The lowest BCUT2D eigenvalue weighted by atomic mass is 9.98. The predicted octanol–water partition coefficient (Wildman–Crippen LogP) is 19.0. The van der Waals surface area contributed by atoms with Gasteiger partial charge in [0.15, 0.2) is 5.82 Å². The van der Waals surface area contributed by atoms with Gasteiger partial charge in [0, 0.05) is 54.8 Å². The average Bonchev–Trinajstić information content (AvgIpc) is 4.04. The summed E-state index contributed by atoms with van der Waals surface area (Å²) in [7, 11) is 0. The average molecular weight is 967 g/mol. The van der Waals surface area contributed by atoms with Crippen LogP contribution in [0.3, 0.4) is 0 Å². The van der Waals surface area contributed by atoms with Crippen LogP contribution in [0.15, 0.2) is 279 Å². The summed E-state index contributed by atoms with van der Waals surface area (Å²) in [4.78, 5) is 10.8. The molecule has 12 aromatic carbocycles. The van der Waals surface area contributed by atoms with Crippen LogP contribution in [-0.4, -0.2) is 19.1 Å². The monoisotopic (exact) mass is 966 g/mol. The number of para-hydroxylation sites is 1. The Morgan fingerprint density at radius 2 is 0.618 bits per heavy atom. The van der Waals surface area contributed by atoms with Crippen LogP contribution in [-0.2, 0) is 0 Å². The lowest BCUT2D eigenvalue weighted by Crippen LogP contribution is -1.98. The van der Waals surface area contributed by atoms with Gasteiger partial charge in [-0.25, -0.2) is 9.97 Å². The minimum absolute atomic E-state index is 0.696. The van der Waals surface area contributed by atoms with E-state index in [0.717, 1.165) is 72.0 Å². The van der Waals surface area contributed by atoms with E-state index in [1.165, 1.54) is 66.0 Å². The molecule has 0 aliphatic carbocycles. The molecule has 3 heterocycles. The highest BCUT2D eigenvalue weighted by Crippen LogP contribution is 2.42. The minimum atomic E-state index is 0.696. The Labute approximate surface area is 439 Å². The molecule has 4 nitrogen and oxygen atoms in total. The van der Waals surface area contributed by atoms with Gasteiger partial charge < -0.3 is 9.13 Å². The summed E-state index contributed by atoms with van der Waals surface area (Å²) in [5.74, 6) is 0.696. The Morgan fingerprint density at radius 3 is 1.16 bits per heavy atom. The SMILES string of the molecule is c1ccc(-c2ccc(-c3nc(-c4cccc(-n5c6ccc(-c7ccccc7)cc6c6cc(-c7ccc8c(c7)c7cc(-c9ccccc9)ccc7n8-c7ccccc7)ccc65)c4)c4ccc5ccccc5c4n3)cc2)cc1. The molecule has 0 radical (unpaired) electrons. The van der Waals surface area contributed by atoms with Crippen molar-refractivity contribution in [3.63, 3.8) is 0 Å². The molecule has 354 valence electrons. The third-order valence-electron chi connectivity index (χ3n) is 15.3. The first-order valence-corrected chi connectivity index (χ1v) is 26.0. The highest BCUT2D eigenvalue weighted by atomic mass is 15.0. The van der Waals surface area contributed by atoms with Crippen LogP contribution >= 0.6 is 0 Å².